The summed E-state index contributed by atoms with van der Waals surface area (Å²) in [6, 6.07) is 11.4. The summed E-state index contributed by atoms with van der Waals surface area (Å²) < 4.78 is 0. The SMILES string of the molecule is CC1(C)CNC(=O)c2ccc(-c3c[nH]c4ncc(NC(=O)c5ccnc(N6CCNCC6)c5)cc34)cc21. The Morgan fingerprint density at radius 3 is 2.73 bits per heavy atom. The smallest absolute Gasteiger partial charge is 0.255 e. The van der Waals surface area contributed by atoms with Crippen molar-refractivity contribution >= 4 is 34.4 Å². The van der Waals surface area contributed by atoms with E-state index in [0.29, 0.717) is 23.4 Å². The van der Waals surface area contributed by atoms with E-state index in [2.05, 4.69) is 55.7 Å². The Morgan fingerprint density at radius 1 is 1.05 bits per heavy atom. The fourth-order valence-electron chi connectivity index (χ4n) is 5.10. The van der Waals surface area contributed by atoms with Crippen LogP contribution in [0.15, 0.2) is 55.0 Å². The van der Waals surface area contributed by atoms with E-state index in [-0.39, 0.29) is 17.2 Å². The van der Waals surface area contributed by atoms with E-state index in [0.717, 1.165) is 59.7 Å². The molecule has 4 aromatic rings. The van der Waals surface area contributed by atoms with Gasteiger partial charge in [0.25, 0.3) is 11.8 Å². The second-order valence-electron chi connectivity index (χ2n) is 10.2. The minimum atomic E-state index is -0.210. The second-order valence-corrected chi connectivity index (χ2v) is 10.2. The third-order valence-electron chi connectivity index (χ3n) is 7.23. The number of carbonyl (C=O) groups is 2. The molecule has 4 N–H and O–H groups in total. The van der Waals surface area contributed by atoms with Gasteiger partial charge in [-0.3, -0.25) is 9.59 Å². The number of amides is 2. The number of anilines is 2. The van der Waals surface area contributed by atoms with Crippen molar-refractivity contribution in [1.82, 2.24) is 25.6 Å². The molecule has 2 aliphatic heterocycles. The summed E-state index contributed by atoms with van der Waals surface area (Å²) in [6.45, 7) is 8.38. The van der Waals surface area contributed by atoms with Crippen LogP contribution in [-0.4, -0.2) is 59.5 Å². The standard InChI is InChI=1S/C28H29N7O2/c1-28(2)16-33-27(37)20-4-3-17(11-23(20)28)22-15-32-25-21(22)13-19(14-31-25)34-26(36)18-5-6-30-24(12-18)35-9-7-29-8-10-35/h3-6,11-15,29H,7-10,16H2,1-2H3,(H,31,32)(H,33,37)(H,34,36). The molecule has 0 saturated carbocycles. The zero-order chi connectivity index (χ0) is 25.6. The third kappa shape index (κ3) is 4.31. The van der Waals surface area contributed by atoms with Crippen molar-refractivity contribution in [2.75, 3.05) is 42.9 Å². The Bertz CT molecular complexity index is 1520. The summed E-state index contributed by atoms with van der Waals surface area (Å²) in [5, 5.41) is 10.2. The summed E-state index contributed by atoms with van der Waals surface area (Å²) in [5.41, 5.74) is 5.41. The summed E-state index contributed by atoms with van der Waals surface area (Å²) in [4.78, 5) is 39.9. The Hall–Kier alpha value is -4.24. The molecule has 1 fully saturated rings. The summed E-state index contributed by atoms with van der Waals surface area (Å²) >= 11 is 0. The van der Waals surface area contributed by atoms with Crippen molar-refractivity contribution in [3.8, 4) is 11.1 Å². The zero-order valence-electron chi connectivity index (χ0n) is 20.9. The number of nitrogens with one attached hydrogen (secondary N) is 4. The Labute approximate surface area is 214 Å². The lowest BCUT2D eigenvalue weighted by Gasteiger charge is -2.32. The molecule has 5 heterocycles. The molecule has 37 heavy (non-hydrogen) atoms. The van der Waals surface area contributed by atoms with Crippen LogP contribution in [0.3, 0.4) is 0 Å². The molecular formula is C28H29N7O2. The van der Waals surface area contributed by atoms with Crippen LogP contribution in [0.2, 0.25) is 0 Å². The molecule has 0 radical (unpaired) electrons. The van der Waals surface area contributed by atoms with Crippen molar-refractivity contribution in [3.05, 3.63) is 71.7 Å². The lowest BCUT2D eigenvalue weighted by molar-refractivity contribution is 0.0929. The van der Waals surface area contributed by atoms with Gasteiger partial charge < -0.3 is 25.8 Å². The van der Waals surface area contributed by atoms with Crippen LogP contribution >= 0.6 is 0 Å². The van der Waals surface area contributed by atoms with Gasteiger partial charge in [-0.1, -0.05) is 19.9 Å². The molecule has 1 saturated heterocycles. The molecule has 1 aromatic carbocycles. The number of hydrogen-bond acceptors (Lipinski definition) is 6. The molecule has 0 unspecified atom stereocenters. The van der Waals surface area contributed by atoms with Gasteiger partial charge in [0.1, 0.15) is 11.5 Å². The number of aromatic nitrogens is 3. The van der Waals surface area contributed by atoms with Gasteiger partial charge in [0.05, 0.1) is 11.9 Å². The predicted molar refractivity (Wildman–Crippen MR) is 144 cm³/mol. The fraction of sp³-hybridized carbons (Fsp3) is 0.286. The van der Waals surface area contributed by atoms with Crippen LogP contribution in [0.25, 0.3) is 22.2 Å². The van der Waals surface area contributed by atoms with Crippen LogP contribution in [0.4, 0.5) is 11.5 Å². The van der Waals surface area contributed by atoms with Gasteiger partial charge in [0.2, 0.25) is 0 Å². The Kier molecular flexibility index (Phi) is 5.64. The number of piperazine rings is 1. The number of carbonyl (C=O) groups excluding carboxylic acids is 2. The Balaban J connectivity index is 1.29. The van der Waals surface area contributed by atoms with Crippen LogP contribution in [-0.2, 0) is 5.41 Å². The van der Waals surface area contributed by atoms with Crippen molar-refractivity contribution in [2.24, 2.45) is 0 Å². The van der Waals surface area contributed by atoms with Gasteiger partial charge in [-0.15, -0.1) is 0 Å². The summed E-state index contributed by atoms with van der Waals surface area (Å²) in [5.74, 6) is 0.556. The maximum atomic E-state index is 13.1. The number of H-pyrrole nitrogens is 1. The highest BCUT2D eigenvalue weighted by Gasteiger charge is 2.31. The monoisotopic (exact) mass is 495 g/mol. The fourth-order valence-corrected chi connectivity index (χ4v) is 5.10. The molecule has 0 aliphatic carbocycles. The van der Waals surface area contributed by atoms with E-state index in [1.165, 1.54) is 0 Å². The molecule has 0 atom stereocenters. The van der Waals surface area contributed by atoms with E-state index < -0.39 is 0 Å². The minimum Gasteiger partial charge on any atom is -0.354 e. The largest absolute Gasteiger partial charge is 0.354 e. The highest BCUT2D eigenvalue weighted by Crippen LogP contribution is 2.36. The van der Waals surface area contributed by atoms with E-state index >= 15 is 0 Å². The maximum Gasteiger partial charge on any atom is 0.255 e. The van der Waals surface area contributed by atoms with E-state index in [1.807, 2.05) is 30.5 Å². The lowest BCUT2D eigenvalue weighted by atomic mass is 9.78. The first-order valence-electron chi connectivity index (χ1n) is 12.5. The van der Waals surface area contributed by atoms with E-state index in [9.17, 15) is 9.59 Å². The quantitative estimate of drug-likeness (QED) is 0.345. The number of benzene rings is 1. The molecule has 188 valence electrons. The predicted octanol–water partition coefficient (Wildman–Crippen LogP) is 3.31. The number of aromatic amines is 1. The first-order chi connectivity index (χ1) is 17.9. The van der Waals surface area contributed by atoms with E-state index in [1.54, 1.807) is 18.5 Å². The van der Waals surface area contributed by atoms with Gasteiger partial charge in [0.15, 0.2) is 0 Å². The molecular weight excluding hydrogens is 466 g/mol. The molecule has 2 amide bonds. The van der Waals surface area contributed by atoms with E-state index in [4.69, 9.17) is 0 Å². The van der Waals surface area contributed by atoms with Gasteiger partial charge in [-0.25, -0.2) is 9.97 Å². The number of nitrogens with zero attached hydrogens (tertiary/aromatic N) is 3. The summed E-state index contributed by atoms with van der Waals surface area (Å²) in [6.07, 6.45) is 5.25. The highest BCUT2D eigenvalue weighted by atomic mass is 16.2. The van der Waals surface area contributed by atoms with Crippen LogP contribution in [0.1, 0.15) is 40.1 Å². The van der Waals surface area contributed by atoms with Gasteiger partial charge >= 0.3 is 0 Å². The first-order valence-corrected chi connectivity index (χ1v) is 12.5. The molecule has 9 heteroatoms. The van der Waals surface area contributed by atoms with Crippen LogP contribution < -0.4 is 20.9 Å². The van der Waals surface area contributed by atoms with Crippen LogP contribution in [0, 0.1) is 0 Å². The molecule has 2 aliphatic rings. The van der Waals surface area contributed by atoms with Crippen molar-refractivity contribution in [1.29, 1.82) is 0 Å². The molecule has 3 aromatic heterocycles. The number of pyridine rings is 2. The van der Waals surface area contributed by atoms with Gasteiger partial charge in [-0.05, 0) is 41.5 Å². The topological polar surface area (TPSA) is 115 Å². The van der Waals surface area contributed by atoms with Crippen molar-refractivity contribution in [2.45, 2.75) is 19.3 Å². The molecule has 9 nitrogen and oxygen atoms in total. The molecule has 6 rings (SSSR count). The third-order valence-corrected chi connectivity index (χ3v) is 7.23. The molecule has 0 bridgehead atoms. The highest BCUT2D eigenvalue weighted by molar-refractivity contribution is 6.06. The molecule has 0 spiro atoms. The second kappa shape index (κ2) is 9.01. The average molecular weight is 496 g/mol. The number of rotatable bonds is 4. The van der Waals surface area contributed by atoms with Crippen molar-refractivity contribution in [3.63, 3.8) is 0 Å². The zero-order valence-corrected chi connectivity index (χ0v) is 20.9. The lowest BCUT2D eigenvalue weighted by Crippen LogP contribution is -2.43. The van der Waals surface area contributed by atoms with Gasteiger partial charge in [-0.2, -0.15) is 0 Å². The number of hydrogen-bond donors (Lipinski definition) is 4. The Morgan fingerprint density at radius 2 is 1.89 bits per heavy atom. The summed E-state index contributed by atoms with van der Waals surface area (Å²) in [7, 11) is 0. The maximum absolute atomic E-state index is 13.1. The van der Waals surface area contributed by atoms with Gasteiger partial charge in [0, 0.05) is 72.6 Å². The number of fused-ring (bicyclic) bond motifs is 2. The van der Waals surface area contributed by atoms with Crippen molar-refractivity contribution < 1.29 is 9.59 Å². The van der Waals surface area contributed by atoms with Crippen LogP contribution in [0.5, 0.6) is 0 Å². The minimum absolute atomic E-state index is 0.0392. The first kappa shape index (κ1) is 23.2. The normalized spacial score (nSPS) is 16.8. The average Bonchev–Trinajstić information content (AvgIpc) is 3.35.